The summed E-state index contributed by atoms with van der Waals surface area (Å²) in [5.41, 5.74) is -0.593. The number of carbonyl (C=O) groups is 1. The van der Waals surface area contributed by atoms with Crippen molar-refractivity contribution in [1.82, 2.24) is 9.78 Å². The molecular weight excluding hydrogens is 447 g/mol. The van der Waals surface area contributed by atoms with E-state index in [1.54, 1.807) is 6.92 Å². The van der Waals surface area contributed by atoms with Crippen molar-refractivity contribution in [3.8, 4) is 10.6 Å². The van der Waals surface area contributed by atoms with Gasteiger partial charge in [-0.1, -0.05) is 6.92 Å². The first kappa shape index (κ1) is 21.5. The van der Waals surface area contributed by atoms with Crippen LogP contribution >= 0.6 is 22.7 Å². The first-order valence-electron chi connectivity index (χ1n) is 8.34. The van der Waals surface area contributed by atoms with Crippen LogP contribution in [-0.4, -0.2) is 29.9 Å². The highest BCUT2D eigenvalue weighted by molar-refractivity contribution is 7.91. The maximum atomic E-state index is 12.8. The number of anilines is 1. The number of sulfone groups is 1. The van der Waals surface area contributed by atoms with Crippen LogP contribution < -0.4 is 5.32 Å². The minimum absolute atomic E-state index is 0.0300. The molecule has 29 heavy (non-hydrogen) atoms. The van der Waals surface area contributed by atoms with Gasteiger partial charge in [-0.05, 0) is 24.6 Å². The normalized spacial score (nSPS) is 12.3. The molecule has 0 aliphatic carbocycles. The number of amides is 1. The summed E-state index contributed by atoms with van der Waals surface area (Å²) in [7, 11) is -2.11. The SMILES string of the molecule is CCCS(=O)(=O)c1cscc1NC(=O)c1ccc(-c2cc(C(F)(F)F)nn2C)s1. The molecule has 0 radical (unpaired) electrons. The largest absolute Gasteiger partial charge is 0.435 e. The van der Waals surface area contributed by atoms with Crippen LogP contribution in [0.1, 0.15) is 28.7 Å². The summed E-state index contributed by atoms with van der Waals surface area (Å²) in [5, 5.41) is 9.04. The Kier molecular flexibility index (Phi) is 5.88. The Labute approximate surface area is 172 Å². The molecule has 3 heterocycles. The summed E-state index contributed by atoms with van der Waals surface area (Å²) in [6.07, 6.45) is -4.11. The van der Waals surface area contributed by atoms with Crippen molar-refractivity contribution in [2.45, 2.75) is 24.4 Å². The highest BCUT2D eigenvalue weighted by atomic mass is 32.2. The highest BCUT2D eigenvalue weighted by Crippen LogP contribution is 2.34. The Hall–Kier alpha value is -2.18. The molecule has 0 saturated heterocycles. The Balaban J connectivity index is 1.83. The molecule has 0 spiro atoms. The van der Waals surface area contributed by atoms with Crippen molar-refractivity contribution in [3.63, 3.8) is 0 Å². The van der Waals surface area contributed by atoms with Gasteiger partial charge in [0, 0.05) is 17.8 Å². The molecule has 12 heteroatoms. The molecule has 156 valence electrons. The van der Waals surface area contributed by atoms with Crippen molar-refractivity contribution in [2.75, 3.05) is 11.1 Å². The average Bonchev–Trinajstić information content (AvgIpc) is 3.32. The molecule has 6 nitrogen and oxygen atoms in total. The number of halogens is 3. The van der Waals surface area contributed by atoms with E-state index in [0.29, 0.717) is 11.3 Å². The second-order valence-corrected chi connectivity index (χ2v) is 10.0. The molecule has 1 N–H and O–H groups in total. The molecule has 0 aliphatic heterocycles. The summed E-state index contributed by atoms with van der Waals surface area (Å²) in [4.78, 5) is 13.3. The van der Waals surface area contributed by atoms with Crippen LogP contribution in [0.3, 0.4) is 0 Å². The molecule has 3 aromatic rings. The van der Waals surface area contributed by atoms with E-state index in [9.17, 15) is 26.4 Å². The predicted molar refractivity (Wildman–Crippen MR) is 106 cm³/mol. The lowest BCUT2D eigenvalue weighted by molar-refractivity contribution is -0.141. The van der Waals surface area contributed by atoms with Crippen molar-refractivity contribution < 1.29 is 26.4 Å². The van der Waals surface area contributed by atoms with E-state index in [4.69, 9.17) is 0 Å². The van der Waals surface area contributed by atoms with E-state index in [1.165, 1.54) is 29.9 Å². The minimum atomic E-state index is -4.56. The standard InChI is InChI=1S/C17H16F3N3O3S3/c1-3-6-29(25,26)14-9-27-8-10(14)21-16(24)13-5-4-12(28-13)11-7-15(17(18,19)20)22-23(11)2/h4-5,7-9H,3,6H2,1-2H3,(H,21,24). The van der Waals surface area contributed by atoms with Gasteiger partial charge in [0.1, 0.15) is 4.90 Å². The number of nitrogens with zero attached hydrogens (tertiary/aromatic N) is 2. The minimum Gasteiger partial charge on any atom is -0.319 e. The molecule has 3 rings (SSSR count). The Morgan fingerprint density at radius 1 is 1.28 bits per heavy atom. The summed E-state index contributed by atoms with van der Waals surface area (Å²) in [6.45, 7) is 1.75. The van der Waals surface area contributed by atoms with Crippen molar-refractivity contribution >= 4 is 44.1 Å². The van der Waals surface area contributed by atoms with E-state index in [-0.39, 0.29) is 26.9 Å². The van der Waals surface area contributed by atoms with Gasteiger partial charge < -0.3 is 5.32 Å². The predicted octanol–water partition coefficient (Wildman–Crippen LogP) is 4.66. The number of aryl methyl sites for hydroxylation is 1. The third kappa shape index (κ3) is 4.54. The Morgan fingerprint density at radius 2 is 2.00 bits per heavy atom. The Bertz CT molecular complexity index is 1140. The highest BCUT2D eigenvalue weighted by Gasteiger charge is 2.35. The molecule has 1 amide bonds. The van der Waals surface area contributed by atoms with Gasteiger partial charge in [-0.2, -0.15) is 18.3 Å². The lowest BCUT2D eigenvalue weighted by atomic mass is 10.3. The van der Waals surface area contributed by atoms with Crippen LogP contribution in [0, 0.1) is 0 Å². The smallest absolute Gasteiger partial charge is 0.319 e. The number of nitrogens with one attached hydrogen (secondary N) is 1. The third-order valence-electron chi connectivity index (χ3n) is 3.94. The zero-order valence-electron chi connectivity index (χ0n) is 15.3. The Morgan fingerprint density at radius 3 is 2.62 bits per heavy atom. The number of thiophene rings is 2. The summed E-state index contributed by atoms with van der Waals surface area (Å²) >= 11 is 2.15. The maximum Gasteiger partial charge on any atom is 0.435 e. The van der Waals surface area contributed by atoms with Gasteiger partial charge in [0.15, 0.2) is 15.5 Å². The van der Waals surface area contributed by atoms with E-state index >= 15 is 0 Å². The molecular formula is C17H16F3N3O3S3. The van der Waals surface area contributed by atoms with Crippen molar-refractivity contribution in [1.29, 1.82) is 0 Å². The van der Waals surface area contributed by atoms with Gasteiger partial charge in [-0.3, -0.25) is 9.48 Å². The fourth-order valence-corrected chi connectivity index (χ4v) is 6.23. The van der Waals surface area contributed by atoms with Gasteiger partial charge in [0.25, 0.3) is 5.91 Å². The lowest BCUT2D eigenvalue weighted by Gasteiger charge is -2.06. The number of alkyl halides is 3. The molecule has 0 aromatic carbocycles. The number of hydrogen-bond donors (Lipinski definition) is 1. The second-order valence-electron chi connectivity index (χ2n) is 6.12. The van der Waals surface area contributed by atoms with Gasteiger partial charge >= 0.3 is 6.18 Å². The number of hydrogen-bond acceptors (Lipinski definition) is 6. The van der Waals surface area contributed by atoms with Crippen LogP contribution in [-0.2, 0) is 23.1 Å². The summed E-state index contributed by atoms with van der Waals surface area (Å²) < 4.78 is 64.2. The van der Waals surface area contributed by atoms with Crippen LogP contribution in [0.15, 0.2) is 33.9 Å². The number of rotatable bonds is 6. The van der Waals surface area contributed by atoms with Crippen LogP contribution in [0.4, 0.5) is 18.9 Å². The van der Waals surface area contributed by atoms with Crippen molar-refractivity contribution in [3.05, 3.63) is 39.5 Å². The molecule has 0 unspecified atom stereocenters. The van der Waals surface area contributed by atoms with Crippen molar-refractivity contribution in [2.24, 2.45) is 7.05 Å². The molecule has 0 fully saturated rings. The third-order valence-corrected chi connectivity index (χ3v) is 7.89. The van der Waals surface area contributed by atoms with E-state index < -0.39 is 27.6 Å². The van der Waals surface area contributed by atoms with Gasteiger partial charge in [-0.25, -0.2) is 8.42 Å². The molecule has 0 atom stereocenters. The molecule has 0 aliphatic rings. The molecule has 0 saturated carbocycles. The average molecular weight is 464 g/mol. The second kappa shape index (κ2) is 7.92. The van der Waals surface area contributed by atoms with E-state index in [1.807, 2.05) is 0 Å². The molecule has 0 bridgehead atoms. The van der Waals surface area contributed by atoms with E-state index in [0.717, 1.165) is 33.4 Å². The fraction of sp³-hybridized carbons (Fsp3) is 0.294. The monoisotopic (exact) mass is 463 g/mol. The number of aromatic nitrogens is 2. The van der Waals surface area contributed by atoms with E-state index in [2.05, 4.69) is 10.4 Å². The molecule has 3 aromatic heterocycles. The summed E-state index contributed by atoms with van der Waals surface area (Å²) in [6, 6.07) is 3.92. The van der Waals surface area contributed by atoms with Gasteiger partial charge in [0.2, 0.25) is 0 Å². The first-order chi connectivity index (χ1) is 13.5. The van der Waals surface area contributed by atoms with Crippen LogP contribution in [0.5, 0.6) is 0 Å². The fourth-order valence-electron chi connectivity index (χ4n) is 2.61. The zero-order valence-corrected chi connectivity index (χ0v) is 17.7. The topological polar surface area (TPSA) is 81.1 Å². The lowest BCUT2D eigenvalue weighted by Crippen LogP contribution is -2.13. The zero-order chi connectivity index (χ0) is 21.4. The maximum absolute atomic E-state index is 12.8. The quantitative estimate of drug-likeness (QED) is 0.576. The first-order valence-corrected chi connectivity index (χ1v) is 11.8. The van der Waals surface area contributed by atoms with Gasteiger partial charge in [-0.15, -0.1) is 22.7 Å². The number of carbonyl (C=O) groups excluding carboxylic acids is 1. The van der Waals surface area contributed by atoms with Gasteiger partial charge in [0.05, 0.1) is 26.9 Å². The van der Waals surface area contributed by atoms with Crippen LogP contribution in [0.2, 0.25) is 0 Å². The van der Waals surface area contributed by atoms with Crippen LogP contribution in [0.25, 0.3) is 10.6 Å². The summed E-state index contributed by atoms with van der Waals surface area (Å²) in [5.74, 6) is -0.566.